The first kappa shape index (κ1) is 15.5. The highest BCUT2D eigenvalue weighted by molar-refractivity contribution is 5.66. The monoisotopic (exact) mass is 266 g/mol. The van der Waals surface area contributed by atoms with Crippen LogP contribution in [0.15, 0.2) is 6.33 Å². The summed E-state index contributed by atoms with van der Waals surface area (Å²) in [5.41, 5.74) is 6.48. The van der Waals surface area contributed by atoms with Gasteiger partial charge in [0.2, 0.25) is 5.88 Å². The number of anilines is 2. The van der Waals surface area contributed by atoms with Crippen molar-refractivity contribution in [3.05, 3.63) is 6.33 Å². The van der Waals surface area contributed by atoms with Gasteiger partial charge in [-0.25, -0.2) is 4.98 Å². The van der Waals surface area contributed by atoms with Gasteiger partial charge in [-0.05, 0) is 24.7 Å². The summed E-state index contributed by atoms with van der Waals surface area (Å²) in [6, 6.07) is 0. The third-order valence-corrected chi connectivity index (χ3v) is 3.35. The molecule has 0 bridgehead atoms. The molecule has 1 aromatic rings. The Bertz CT molecular complexity index is 385. The Morgan fingerprint density at radius 3 is 2.37 bits per heavy atom. The lowest BCUT2D eigenvalue weighted by molar-refractivity contribution is 0.304. The Balaban J connectivity index is 2.74. The number of aromatic nitrogens is 2. The minimum absolute atomic E-state index is 0.450. The van der Waals surface area contributed by atoms with Crippen LogP contribution in [0.1, 0.15) is 34.6 Å². The van der Waals surface area contributed by atoms with Crippen molar-refractivity contribution >= 4 is 11.5 Å². The van der Waals surface area contributed by atoms with Crippen LogP contribution in [0.25, 0.3) is 0 Å². The lowest BCUT2D eigenvalue weighted by Crippen LogP contribution is -2.25. The third kappa shape index (κ3) is 4.26. The number of nitrogens with two attached hydrogens (primary N) is 1. The summed E-state index contributed by atoms with van der Waals surface area (Å²) in [6.07, 6.45) is 1.48. The summed E-state index contributed by atoms with van der Waals surface area (Å²) >= 11 is 0. The SMILES string of the molecule is CCOc1ncnc(NCC(C(C)C)C(C)C)c1N. The van der Waals surface area contributed by atoms with E-state index < -0.39 is 0 Å². The first-order valence-electron chi connectivity index (χ1n) is 6.94. The fourth-order valence-electron chi connectivity index (χ4n) is 2.23. The molecule has 0 fully saturated rings. The van der Waals surface area contributed by atoms with Crippen molar-refractivity contribution in [1.82, 2.24) is 9.97 Å². The van der Waals surface area contributed by atoms with Crippen molar-refractivity contribution in [3.8, 4) is 5.88 Å². The van der Waals surface area contributed by atoms with Gasteiger partial charge in [0.15, 0.2) is 5.82 Å². The van der Waals surface area contributed by atoms with E-state index in [0.717, 1.165) is 6.54 Å². The topological polar surface area (TPSA) is 73.1 Å². The van der Waals surface area contributed by atoms with Crippen molar-refractivity contribution in [2.45, 2.75) is 34.6 Å². The molecule has 0 unspecified atom stereocenters. The van der Waals surface area contributed by atoms with Crippen molar-refractivity contribution < 1.29 is 4.74 Å². The molecule has 0 saturated heterocycles. The van der Waals surface area contributed by atoms with Crippen LogP contribution in [0.5, 0.6) is 5.88 Å². The van der Waals surface area contributed by atoms with Gasteiger partial charge < -0.3 is 15.8 Å². The highest BCUT2D eigenvalue weighted by atomic mass is 16.5. The van der Waals surface area contributed by atoms with Crippen LogP contribution in [0.2, 0.25) is 0 Å². The van der Waals surface area contributed by atoms with Crippen molar-refractivity contribution in [1.29, 1.82) is 0 Å². The molecular formula is C14H26N4O. The predicted molar refractivity (Wildman–Crippen MR) is 79.3 cm³/mol. The summed E-state index contributed by atoms with van der Waals surface area (Å²) in [6.45, 7) is 12.2. The fourth-order valence-corrected chi connectivity index (χ4v) is 2.23. The molecule has 5 heteroatoms. The van der Waals surface area contributed by atoms with Crippen LogP contribution in [0.3, 0.4) is 0 Å². The molecule has 1 heterocycles. The van der Waals surface area contributed by atoms with E-state index >= 15 is 0 Å². The third-order valence-electron chi connectivity index (χ3n) is 3.35. The molecular weight excluding hydrogens is 240 g/mol. The van der Waals surface area contributed by atoms with Gasteiger partial charge in [-0.2, -0.15) is 4.98 Å². The smallest absolute Gasteiger partial charge is 0.242 e. The van der Waals surface area contributed by atoms with E-state index in [1.807, 2.05) is 6.92 Å². The van der Waals surface area contributed by atoms with Gasteiger partial charge in [0, 0.05) is 6.54 Å². The van der Waals surface area contributed by atoms with E-state index in [1.54, 1.807) is 0 Å². The number of nitrogen functional groups attached to an aromatic ring is 1. The zero-order valence-electron chi connectivity index (χ0n) is 12.6. The van der Waals surface area contributed by atoms with Crippen molar-refractivity contribution in [2.24, 2.45) is 17.8 Å². The molecule has 0 amide bonds. The molecule has 19 heavy (non-hydrogen) atoms. The Morgan fingerprint density at radius 2 is 1.84 bits per heavy atom. The van der Waals surface area contributed by atoms with Crippen LogP contribution < -0.4 is 15.8 Å². The molecule has 3 N–H and O–H groups in total. The Labute approximate surface area is 116 Å². The molecule has 5 nitrogen and oxygen atoms in total. The highest BCUT2D eigenvalue weighted by Gasteiger charge is 2.18. The van der Waals surface area contributed by atoms with Crippen molar-refractivity contribution in [3.63, 3.8) is 0 Å². The maximum atomic E-state index is 6.00. The first-order chi connectivity index (χ1) is 8.97. The van der Waals surface area contributed by atoms with Crippen molar-refractivity contribution in [2.75, 3.05) is 24.2 Å². The molecule has 0 aromatic carbocycles. The standard InChI is InChI=1S/C14H26N4O/c1-6-19-14-12(15)13(17-8-18-14)16-7-11(9(2)3)10(4)5/h8-11H,6-7,15H2,1-5H3,(H,16,17,18). The Hall–Kier alpha value is -1.52. The zero-order chi connectivity index (χ0) is 14.4. The lowest BCUT2D eigenvalue weighted by Gasteiger charge is -2.25. The average Bonchev–Trinajstić information content (AvgIpc) is 2.33. The van der Waals surface area contributed by atoms with E-state index in [0.29, 0.717) is 41.7 Å². The predicted octanol–water partition coefficient (Wildman–Crippen LogP) is 2.80. The molecule has 0 aliphatic carbocycles. The Morgan fingerprint density at radius 1 is 1.21 bits per heavy atom. The van der Waals surface area contributed by atoms with E-state index in [4.69, 9.17) is 10.5 Å². The number of hydrogen-bond donors (Lipinski definition) is 2. The minimum atomic E-state index is 0.450. The molecule has 0 aliphatic heterocycles. The number of nitrogens with zero attached hydrogens (tertiary/aromatic N) is 2. The van der Waals surface area contributed by atoms with Crippen LogP contribution >= 0.6 is 0 Å². The number of hydrogen-bond acceptors (Lipinski definition) is 5. The maximum absolute atomic E-state index is 6.00. The van der Waals surface area contributed by atoms with Gasteiger partial charge in [0.25, 0.3) is 0 Å². The number of nitrogens with one attached hydrogen (secondary N) is 1. The molecule has 0 saturated carbocycles. The summed E-state index contributed by atoms with van der Waals surface area (Å²) in [5, 5.41) is 3.32. The van der Waals surface area contributed by atoms with Gasteiger partial charge in [0.05, 0.1) is 6.61 Å². The molecule has 0 spiro atoms. The van der Waals surface area contributed by atoms with Crippen LogP contribution in [-0.4, -0.2) is 23.1 Å². The lowest BCUT2D eigenvalue weighted by atomic mass is 9.85. The van der Waals surface area contributed by atoms with E-state index in [1.165, 1.54) is 6.33 Å². The van der Waals surface area contributed by atoms with Gasteiger partial charge in [-0.15, -0.1) is 0 Å². The van der Waals surface area contributed by atoms with E-state index in [-0.39, 0.29) is 0 Å². The van der Waals surface area contributed by atoms with Gasteiger partial charge in [-0.1, -0.05) is 27.7 Å². The average molecular weight is 266 g/mol. The molecule has 1 aromatic heterocycles. The van der Waals surface area contributed by atoms with E-state index in [2.05, 4.69) is 43.0 Å². The summed E-state index contributed by atoms with van der Waals surface area (Å²) in [7, 11) is 0. The first-order valence-corrected chi connectivity index (χ1v) is 6.94. The Kier molecular flexibility index (Phi) is 5.86. The molecule has 0 atom stereocenters. The van der Waals surface area contributed by atoms with Crippen LogP contribution in [0.4, 0.5) is 11.5 Å². The second-order valence-corrected chi connectivity index (χ2v) is 5.41. The normalized spacial score (nSPS) is 11.4. The quantitative estimate of drug-likeness (QED) is 0.794. The molecule has 108 valence electrons. The second-order valence-electron chi connectivity index (χ2n) is 5.41. The number of ether oxygens (including phenoxy) is 1. The van der Waals surface area contributed by atoms with E-state index in [9.17, 15) is 0 Å². The van der Waals surface area contributed by atoms with Gasteiger partial charge in [-0.3, -0.25) is 0 Å². The maximum Gasteiger partial charge on any atom is 0.242 e. The molecule has 0 radical (unpaired) electrons. The number of rotatable bonds is 7. The molecule has 0 aliphatic rings. The van der Waals surface area contributed by atoms with Gasteiger partial charge >= 0.3 is 0 Å². The summed E-state index contributed by atoms with van der Waals surface area (Å²) in [5.74, 6) is 2.91. The zero-order valence-corrected chi connectivity index (χ0v) is 12.6. The molecule has 1 rings (SSSR count). The summed E-state index contributed by atoms with van der Waals surface area (Å²) < 4.78 is 5.36. The summed E-state index contributed by atoms with van der Waals surface area (Å²) in [4.78, 5) is 8.21. The van der Waals surface area contributed by atoms with Crippen LogP contribution in [0, 0.1) is 17.8 Å². The minimum Gasteiger partial charge on any atom is -0.476 e. The fraction of sp³-hybridized carbons (Fsp3) is 0.714. The van der Waals surface area contributed by atoms with Gasteiger partial charge in [0.1, 0.15) is 12.0 Å². The second kappa shape index (κ2) is 7.16. The largest absolute Gasteiger partial charge is 0.476 e. The van der Waals surface area contributed by atoms with Crippen LogP contribution in [-0.2, 0) is 0 Å². The highest BCUT2D eigenvalue weighted by Crippen LogP contribution is 2.26.